The van der Waals surface area contributed by atoms with Gasteiger partial charge in [0.25, 0.3) is 0 Å². The molecule has 0 saturated heterocycles. The summed E-state index contributed by atoms with van der Waals surface area (Å²) < 4.78 is 15.0. The summed E-state index contributed by atoms with van der Waals surface area (Å²) in [6.07, 6.45) is 1.44. The average molecular weight is 249 g/mol. The van der Waals surface area contributed by atoms with Crippen LogP contribution in [0, 0.1) is 0 Å². The second-order valence-electron chi connectivity index (χ2n) is 3.63. The van der Waals surface area contributed by atoms with E-state index in [9.17, 15) is 9.59 Å². The lowest BCUT2D eigenvalue weighted by Crippen LogP contribution is -2.07. The Morgan fingerprint density at radius 3 is 3.00 bits per heavy atom. The van der Waals surface area contributed by atoms with Gasteiger partial charge in [0, 0.05) is 0 Å². The molecule has 1 aromatic rings. The van der Waals surface area contributed by atoms with E-state index in [2.05, 4.69) is 9.73 Å². The molecule has 6 nitrogen and oxygen atoms in total. The van der Waals surface area contributed by atoms with Gasteiger partial charge < -0.3 is 14.2 Å². The highest BCUT2D eigenvalue weighted by atomic mass is 16.7. The molecule has 0 bridgehead atoms. The van der Waals surface area contributed by atoms with Gasteiger partial charge >= 0.3 is 5.97 Å². The van der Waals surface area contributed by atoms with Crippen molar-refractivity contribution in [2.75, 3.05) is 13.9 Å². The van der Waals surface area contributed by atoms with E-state index >= 15 is 0 Å². The molecule has 94 valence electrons. The van der Waals surface area contributed by atoms with Gasteiger partial charge in [0.15, 0.2) is 11.5 Å². The Labute approximate surface area is 103 Å². The Morgan fingerprint density at radius 2 is 2.28 bits per heavy atom. The zero-order chi connectivity index (χ0) is 13.0. The first-order chi connectivity index (χ1) is 8.74. The highest BCUT2D eigenvalue weighted by Crippen LogP contribution is 2.35. The smallest absolute Gasteiger partial charge is 0.308 e. The van der Waals surface area contributed by atoms with Crippen LogP contribution in [0.4, 0.5) is 0 Å². The van der Waals surface area contributed by atoms with E-state index in [4.69, 9.17) is 9.47 Å². The van der Waals surface area contributed by atoms with Crippen LogP contribution < -0.4 is 9.47 Å². The molecule has 1 aliphatic rings. The topological polar surface area (TPSA) is 74.2 Å². The molecule has 0 saturated carbocycles. The van der Waals surface area contributed by atoms with Crippen molar-refractivity contribution in [1.29, 1.82) is 0 Å². The number of hydrogen-bond acceptors (Lipinski definition) is 6. The van der Waals surface area contributed by atoms with Crippen molar-refractivity contribution in [1.82, 2.24) is 0 Å². The fourth-order valence-corrected chi connectivity index (χ4v) is 1.66. The van der Waals surface area contributed by atoms with Crippen LogP contribution >= 0.6 is 0 Å². The number of fused-ring (bicyclic) bond motifs is 1. The molecule has 0 fully saturated rings. The van der Waals surface area contributed by atoms with E-state index in [1.807, 2.05) is 0 Å². The summed E-state index contributed by atoms with van der Waals surface area (Å²) in [5.41, 5.74) is 0.674. The minimum atomic E-state index is -0.621. The molecule has 0 amide bonds. The van der Waals surface area contributed by atoms with Crippen molar-refractivity contribution in [2.45, 2.75) is 12.5 Å². The summed E-state index contributed by atoms with van der Waals surface area (Å²) in [7, 11) is 1.28. The number of esters is 1. The van der Waals surface area contributed by atoms with Gasteiger partial charge in [-0.15, -0.1) is 0 Å². The maximum absolute atomic E-state index is 11.2. The Bertz CT molecular complexity index is 507. The number of benzene rings is 1. The lowest BCUT2D eigenvalue weighted by atomic mass is 10.0. The highest BCUT2D eigenvalue weighted by molar-refractivity contribution is 5.70. The third kappa shape index (κ3) is 2.49. The van der Waals surface area contributed by atoms with Crippen molar-refractivity contribution in [3.63, 3.8) is 0 Å². The summed E-state index contributed by atoms with van der Waals surface area (Å²) in [6, 6.07) is 4.51. The van der Waals surface area contributed by atoms with Crippen LogP contribution in [0.15, 0.2) is 23.2 Å². The number of aliphatic imine (C=N–C) groups is 1. The van der Waals surface area contributed by atoms with E-state index in [1.165, 1.54) is 13.2 Å². The van der Waals surface area contributed by atoms with Gasteiger partial charge in [-0.3, -0.25) is 4.79 Å². The molecule has 0 N–H and O–H groups in total. The molecule has 0 radical (unpaired) electrons. The first-order valence-corrected chi connectivity index (χ1v) is 5.28. The monoisotopic (exact) mass is 249 g/mol. The Kier molecular flexibility index (Phi) is 3.60. The van der Waals surface area contributed by atoms with Crippen molar-refractivity contribution in [3.8, 4) is 11.5 Å². The number of nitrogens with zero attached hydrogens (tertiary/aromatic N) is 1. The van der Waals surface area contributed by atoms with Gasteiger partial charge in [-0.25, -0.2) is 4.79 Å². The normalized spacial score (nSPS) is 13.6. The molecule has 0 aromatic heterocycles. The number of ether oxygens (including phenoxy) is 3. The Hall–Kier alpha value is -2.33. The molecule has 0 spiro atoms. The first-order valence-electron chi connectivity index (χ1n) is 5.28. The summed E-state index contributed by atoms with van der Waals surface area (Å²) in [5, 5.41) is 0. The van der Waals surface area contributed by atoms with Crippen molar-refractivity contribution >= 4 is 12.0 Å². The minimum absolute atomic E-state index is 0.0224. The predicted molar refractivity (Wildman–Crippen MR) is 60.1 cm³/mol. The Morgan fingerprint density at radius 1 is 1.50 bits per heavy atom. The zero-order valence-corrected chi connectivity index (χ0v) is 9.71. The summed E-state index contributed by atoms with van der Waals surface area (Å²) >= 11 is 0. The zero-order valence-electron chi connectivity index (χ0n) is 9.71. The standard InChI is InChI=1S/C12H11NO5/c1-16-12(15)5-9(13-6-14)8-2-3-10-11(4-8)18-7-17-10/h2-4,9H,5,7H2,1H3/t9-/m1/s1. The first kappa shape index (κ1) is 12.1. The second-order valence-corrected chi connectivity index (χ2v) is 3.63. The maximum atomic E-state index is 11.2. The van der Waals surface area contributed by atoms with E-state index in [-0.39, 0.29) is 13.2 Å². The average Bonchev–Trinajstić information content (AvgIpc) is 2.85. The van der Waals surface area contributed by atoms with Crippen molar-refractivity contribution in [3.05, 3.63) is 23.8 Å². The fraction of sp³-hybridized carbons (Fsp3) is 0.333. The van der Waals surface area contributed by atoms with E-state index in [0.29, 0.717) is 17.1 Å². The van der Waals surface area contributed by atoms with Crippen LogP contribution in [0.25, 0.3) is 0 Å². The van der Waals surface area contributed by atoms with Crippen LogP contribution in [0.1, 0.15) is 18.0 Å². The number of rotatable bonds is 4. The molecule has 1 atom stereocenters. The van der Waals surface area contributed by atoms with Gasteiger partial charge in [-0.1, -0.05) is 6.07 Å². The molecule has 18 heavy (non-hydrogen) atoms. The summed E-state index contributed by atoms with van der Waals surface area (Å²) in [6.45, 7) is 0.164. The number of carbonyl (C=O) groups excluding carboxylic acids is 2. The fourth-order valence-electron chi connectivity index (χ4n) is 1.66. The molecule has 0 aliphatic carbocycles. The van der Waals surface area contributed by atoms with E-state index in [1.54, 1.807) is 18.2 Å². The van der Waals surface area contributed by atoms with E-state index in [0.717, 1.165) is 0 Å². The van der Waals surface area contributed by atoms with Crippen molar-refractivity contribution in [2.24, 2.45) is 4.99 Å². The van der Waals surface area contributed by atoms with Gasteiger partial charge in [0.1, 0.15) is 0 Å². The van der Waals surface area contributed by atoms with Gasteiger partial charge in [-0.2, -0.15) is 4.99 Å². The molecule has 2 rings (SSSR count). The molecule has 0 unspecified atom stereocenters. The van der Waals surface area contributed by atoms with E-state index < -0.39 is 12.0 Å². The minimum Gasteiger partial charge on any atom is -0.469 e. The quantitative estimate of drug-likeness (QED) is 0.457. The van der Waals surface area contributed by atoms with Gasteiger partial charge in [-0.05, 0) is 17.7 Å². The molecule has 1 aliphatic heterocycles. The molecular formula is C12H11NO5. The maximum Gasteiger partial charge on any atom is 0.308 e. The number of isocyanates is 1. The highest BCUT2D eigenvalue weighted by Gasteiger charge is 2.20. The SMILES string of the molecule is COC(=O)C[C@@H](N=C=O)c1ccc2c(c1)OCO2. The number of carbonyl (C=O) groups is 1. The second kappa shape index (κ2) is 5.33. The molecular weight excluding hydrogens is 238 g/mol. The molecule has 6 heteroatoms. The van der Waals surface area contributed by atoms with Crippen LogP contribution in [-0.4, -0.2) is 26.0 Å². The summed E-state index contributed by atoms with van der Waals surface area (Å²) in [4.78, 5) is 25.2. The third-order valence-electron chi connectivity index (χ3n) is 2.58. The third-order valence-corrected chi connectivity index (χ3v) is 2.58. The van der Waals surface area contributed by atoms with Crippen LogP contribution in [0.5, 0.6) is 11.5 Å². The Balaban J connectivity index is 2.25. The van der Waals surface area contributed by atoms with Crippen LogP contribution in [0.2, 0.25) is 0 Å². The van der Waals surface area contributed by atoms with Crippen molar-refractivity contribution < 1.29 is 23.8 Å². The summed E-state index contributed by atoms with van der Waals surface area (Å²) in [5.74, 6) is 0.755. The molecule has 1 aromatic carbocycles. The number of methoxy groups -OCH3 is 1. The van der Waals surface area contributed by atoms with Crippen LogP contribution in [-0.2, 0) is 14.3 Å². The largest absolute Gasteiger partial charge is 0.469 e. The lowest BCUT2D eigenvalue weighted by molar-refractivity contribution is -0.141. The lowest BCUT2D eigenvalue weighted by Gasteiger charge is -2.10. The predicted octanol–water partition coefficient (Wildman–Crippen LogP) is 1.36. The molecule has 1 heterocycles. The van der Waals surface area contributed by atoms with Crippen LogP contribution in [0.3, 0.4) is 0 Å². The van der Waals surface area contributed by atoms with Gasteiger partial charge in [0.05, 0.1) is 19.6 Å². The van der Waals surface area contributed by atoms with Gasteiger partial charge in [0.2, 0.25) is 12.9 Å². The number of hydrogen-bond donors (Lipinski definition) is 0.